The fourth-order valence-electron chi connectivity index (χ4n) is 1.51. The fourth-order valence-corrected chi connectivity index (χ4v) is 1.51. The number of aromatic nitrogens is 2. The Labute approximate surface area is 109 Å². The largest absolute Gasteiger partial charge is 0.375 e. The van der Waals surface area contributed by atoms with Crippen molar-refractivity contribution < 1.29 is 18.0 Å². The molecule has 0 N–H and O–H groups in total. The molecule has 0 spiro atoms. The normalized spacial score (nSPS) is 11.2. The first-order valence-corrected chi connectivity index (χ1v) is 5.90. The Bertz CT molecular complexity index is 512. The molecule has 1 aromatic carbocycles. The molecule has 102 valence electrons. The Kier molecular flexibility index (Phi) is 4.57. The molecule has 0 saturated heterocycles. The number of nitrogens with zero attached hydrogens (tertiary/aromatic N) is 2. The van der Waals surface area contributed by atoms with Crippen molar-refractivity contribution in [2.45, 2.75) is 19.8 Å². The lowest BCUT2D eigenvalue weighted by molar-refractivity contribution is 0.0171. The van der Waals surface area contributed by atoms with Crippen molar-refractivity contribution in [2.75, 3.05) is 13.2 Å². The zero-order valence-corrected chi connectivity index (χ0v) is 10.5. The molecule has 4 nitrogen and oxygen atoms in total. The summed E-state index contributed by atoms with van der Waals surface area (Å²) in [6.45, 7) is 1.56. The van der Waals surface area contributed by atoms with Gasteiger partial charge in [0, 0.05) is 5.56 Å². The minimum Gasteiger partial charge on any atom is -0.375 e. The van der Waals surface area contributed by atoms with Gasteiger partial charge in [-0.1, -0.05) is 35.0 Å². The number of ether oxygens (including phenoxy) is 1. The van der Waals surface area contributed by atoms with Crippen LogP contribution in [0.4, 0.5) is 8.78 Å². The van der Waals surface area contributed by atoms with Gasteiger partial charge in [-0.2, -0.15) is 4.98 Å². The molecule has 1 heterocycles. The van der Waals surface area contributed by atoms with E-state index < -0.39 is 13.0 Å². The molecule has 6 heteroatoms. The zero-order valence-electron chi connectivity index (χ0n) is 10.5. The van der Waals surface area contributed by atoms with E-state index in [9.17, 15) is 8.78 Å². The smallest absolute Gasteiger partial charge is 0.261 e. The lowest BCUT2D eigenvalue weighted by Gasteiger charge is -1.99. The van der Waals surface area contributed by atoms with Gasteiger partial charge in [0.05, 0.1) is 13.0 Å². The Balaban J connectivity index is 1.90. The highest BCUT2D eigenvalue weighted by Crippen LogP contribution is 2.16. The van der Waals surface area contributed by atoms with Gasteiger partial charge in [-0.05, 0) is 6.92 Å². The molecule has 0 radical (unpaired) electrons. The zero-order chi connectivity index (χ0) is 13.7. The summed E-state index contributed by atoms with van der Waals surface area (Å²) in [5, 5.41) is 3.84. The van der Waals surface area contributed by atoms with Gasteiger partial charge < -0.3 is 9.26 Å². The van der Waals surface area contributed by atoms with Crippen LogP contribution in [0, 0.1) is 6.92 Å². The molecule has 0 unspecified atom stereocenters. The lowest BCUT2D eigenvalue weighted by atomic mass is 10.1. The van der Waals surface area contributed by atoms with Crippen LogP contribution in [0.15, 0.2) is 28.8 Å². The second-order valence-corrected chi connectivity index (χ2v) is 4.09. The second-order valence-electron chi connectivity index (χ2n) is 4.09. The van der Waals surface area contributed by atoms with Crippen LogP contribution >= 0.6 is 0 Å². The fraction of sp³-hybridized carbons (Fsp3) is 0.385. The first-order valence-electron chi connectivity index (χ1n) is 5.90. The number of aryl methyl sites for hydroxylation is 1. The molecule has 2 aromatic rings. The number of halogens is 2. The lowest BCUT2D eigenvalue weighted by Crippen LogP contribution is -2.07. The third-order valence-corrected chi connectivity index (χ3v) is 2.48. The molecule has 0 fully saturated rings. The van der Waals surface area contributed by atoms with Crippen LogP contribution in [-0.4, -0.2) is 29.8 Å². The van der Waals surface area contributed by atoms with Gasteiger partial charge in [-0.3, -0.25) is 0 Å². The summed E-state index contributed by atoms with van der Waals surface area (Å²) in [6.07, 6.45) is -2.13. The van der Waals surface area contributed by atoms with Crippen molar-refractivity contribution in [3.63, 3.8) is 0 Å². The molecule has 19 heavy (non-hydrogen) atoms. The second kappa shape index (κ2) is 6.38. The monoisotopic (exact) mass is 268 g/mol. The van der Waals surface area contributed by atoms with Crippen LogP contribution in [0.3, 0.4) is 0 Å². The first-order chi connectivity index (χ1) is 9.15. The van der Waals surface area contributed by atoms with E-state index >= 15 is 0 Å². The molecule has 0 aliphatic heterocycles. The van der Waals surface area contributed by atoms with E-state index in [0.717, 1.165) is 11.1 Å². The minimum atomic E-state index is -2.45. The van der Waals surface area contributed by atoms with Crippen molar-refractivity contribution in [3.8, 4) is 11.4 Å². The van der Waals surface area contributed by atoms with Gasteiger partial charge in [0.1, 0.15) is 6.61 Å². The van der Waals surface area contributed by atoms with E-state index in [2.05, 4.69) is 10.1 Å². The summed E-state index contributed by atoms with van der Waals surface area (Å²) < 4.78 is 33.5. The van der Waals surface area contributed by atoms with Gasteiger partial charge in [-0.15, -0.1) is 0 Å². The van der Waals surface area contributed by atoms with Crippen LogP contribution in [0.25, 0.3) is 11.4 Å². The predicted octanol–water partition coefficient (Wildman–Crippen LogP) is 2.87. The maximum absolute atomic E-state index is 11.8. The third-order valence-electron chi connectivity index (χ3n) is 2.48. The maximum atomic E-state index is 11.8. The molecular formula is C13H14F2N2O2. The molecule has 0 atom stereocenters. The SMILES string of the molecule is Cc1ccc(-c2noc(CCOCC(F)F)n2)cc1. The van der Waals surface area contributed by atoms with E-state index in [1.54, 1.807) is 0 Å². The van der Waals surface area contributed by atoms with Gasteiger partial charge in [-0.25, -0.2) is 8.78 Å². The van der Waals surface area contributed by atoms with Crippen molar-refractivity contribution in [1.29, 1.82) is 0 Å². The quantitative estimate of drug-likeness (QED) is 0.756. The molecule has 0 aliphatic carbocycles. The van der Waals surface area contributed by atoms with E-state index in [4.69, 9.17) is 9.26 Å². The molecule has 0 aliphatic rings. The summed E-state index contributed by atoms with van der Waals surface area (Å²) in [5.41, 5.74) is 2.00. The minimum absolute atomic E-state index is 0.139. The highest BCUT2D eigenvalue weighted by atomic mass is 19.3. The van der Waals surface area contributed by atoms with Crippen molar-refractivity contribution in [3.05, 3.63) is 35.7 Å². The van der Waals surface area contributed by atoms with Crippen molar-refractivity contribution >= 4 is 0 Å². The highest BCUT2D eigenvalue weighted by Gasteiger charge is 2.09. The standard InChI is InChI=1S/C13H14F2N2O2/c1-9-2-4-10(5-3-9)13-16-12(19-17-13)6-7-18-8-11(14)15/h2-5,11H,6-8H2,1H3. The Hall–Kier alpha value is -1.82. The summed E-state index contributed by atoms with van der Waals surface area (Å²) in [4.78, 5) is 4.18. The number of benzene rings is 1. The number of hydrogen-bond donors (Lipinski definition) is 0. The topological polar surface area (TPSA) is 48.2 Å². The van der Waals surface area contributed by atoms with Crippen LogP contribution < -0.4 is 0 Å². The van der Waals surface area contributed by atoms with Gasteiger partial charge in [0.2, 0.25) is 11.7 Å². The van der Waals surface area contributed by atoms with Gasteiger partial charge in [0.15, 0.2) is 0 Å². The van der Waals surface area contributed by atoms with Crippen LogP contribution in [0.5, 0.6) is 0 Å². The van der Waals surface area contributed by atoms with E-state index in [1.807, 2.05) is 31.2 Å². The number of rotatable bonds is 6. The van der Waals surface area contributed by atoms with E-state index in [0.29, 0.717) is 18.1 Å². The summed E-state index contributed by atoms with van der Waals surface area (Å²) >= 11 is 0. The summed E-state index contributed by atoms with van der Waals surface area (Å²) in [7, 11) is 0. The van der Waals surface area contributed by atoms with E-state index in [-0.39, 0.29) is 6.61 Å². The molecule has 1 aromatic heterocycles. The molecule has 2 rings (SSSR count). The van der Waals surface area contributed by atoms with Crippen LogP contribution in [-0.2, 0) is 11.2 Å². The summed E-state index contributed by atoms with van der Waals surface area (Å²) in [6, 6.07) is 7.71. The van der Waals surface area contributed by atoms with E-state index in [1.165, 1.54) is 0 Å². The maximum Gasteiger partial charge on any atom is 0.261 e. The van der Waals surface area contributed by atoms with Crippen molar-refractivity contribution in [2.24, 2.45) is 0 Å². The summed E-state index contributed by atoms with van der Waals surface area (Å²) in [5.74, 6) is 0.869. The van der Waals surface area contributed by atoms with Gasteiger partial charge in [0.25, 0.3) is 6.43 Å². The Morgan fingerprint density at radius 1 is 1.26 bits per heavy atom. The first kappa shape index (κ1) is 13.6. The van der Waals surface area contributed by atoms with Crippen LogP contribution in [0.2, 0.25) is 0 Å². The van der Waals surface area contributed by atoms with Crippen molar-refractivity contribution in [1.82, 2.24) is 10.1 Å². The average molecular weight is 268 g/mol. The van der Waals surface area contributed by atoms with Crippen LogP contribution in [0.1, 0.15) is 11.5 Å². The molecule has 0 saturated carbocycles. The molecular weight excluding hydrogens is 254 g/mol. The molecule has 0 amide bonds. The Morgan fingerprint density at radius 2 is 2.00 bits per heavy atom. The molecule has 0 bridgehead atoms. The van der Waals surface area contributed by atoms with Gasteiger partial charge >= 0.3 is 0 Å². The highest BCUT2D eigenvalue weighted by molar-refractivity contribution is 5.54. The number of hydrogen-bond acceptors (Lipinski definition) is 4. The predicted molar refractivity (Wildman–Crippen MR) is 65.0 cm³/mol. The Morgan fingerprint density at radius 3 is 2.68 bits per heavy atom. The number of alkyl halides is 2. The average Bonchev–Trinajstić information content (AvgIpc) is 2.84. The third kappa shape index (κ3) is 4.10.